The van der Waals surface area contributed by atoms with Crippen LogP contribution in [0.2, 0.25) is 0 Å². The summed E-state index contributed by atoms with van der Waals surface area (Å²) in [7, 11) is 0. The van der Waals surface area contributed by atoms with E-state index in [2.05, 4.69) is 13.0 Å². The minimum atomic E-state index is -0.866. The predicted molar refractivity (Wildman–Crippen MR) is 105 cm³/mol. The minimum Gasteiger partial charge on any atom is -0.494 e. The maximum atomic E-state index is 14.7. The van der Waals surface area contributed by atoms with Gasteiger partial charge < -0.3 is 4.74 Å². The molecule has 0 saturated carbocycles. The van der Waals surface area contributed by atoms with Gasteiger partial charge in [-0.3, -0.25) is 0 Å². The van der Waals surface area contributed by atoms with Crippen LogP contribution in [-0.2, 0) is 6.42 Å². The van der Waals surface area contributed by atoms with Gasteiger partial charge in [-0.1, -0.05) is 43.7 Å². The zero-order chi connectivity index (χ0) is 18.5. The van der Waals surface area contributed by atoms with Gasteiger partial charge in [0.2, 0.25) is 0 Å². The molecule has 26 heavy (non-hydrogen) atoms. The van der Waals surface area contributed by atoms with Gasteiger partial charge in [-0.25, -0.2) is 8.78 Å². The van der Waals surface area contributed by atoms with Crippen LogP contribution in [0.1, 0.15) is 37.0 Å². The predicted octanol–water partition coefficient (Wildman–Crippen LogP) is 6.96. The topological polar surface area (TPSA) is 9.23 Å². The van der Waals surface area contributed by atoms with Crippen molar-refractivity contribution in [2.24, 2.45) is 0 Å². The molecule has 0 aromatic heterocycles. The second-order valence-corrected chi connectivity index (χ2v) is 6.23. The molecule has 0 N–H and O–H groups in total. The fourth-order valence-electron chi connectivity index (χ4n) is 2.99. The van der Waals surface area contributed by atoms with Crippen molar-refractivity contribution in [3.63, 3.8) is 0 Å². The van der Waals surface area contributed by atoms with Crippen molar-refractivity contribution in [1.29, 1.82) is 0 Å². The zero-order valence-electron chi connectivity index (χ0n) is 15.1. The molecule has 0 aliphatic heterocycles. The van der Waals surface area contributed by atoms with Gasteiger partial charge in [-0.2, -0.15) is 0 Å². The molecular formula is C23H22F2O. The van der Waals surface area contributed by atoms with Crippen LogP contribution in [0.5, 0.6) is 5.75 Å². The van der Waals surface area contributed by atoms with Crippen LogP contribution < -0.4 is 4.74 Å². The Labute approximate surface area is 152 Å². The monoisotopic (exact) mass is 352 g/mol. The largest absolute Gasteiger partial charge is 0.494 e. The van der Waals surface area contributed by atoms with Crippen LogP contribution in [0.3, 0.4) is 0 Å². The van der Waals surface area contributed by atoms with Gasteiger partial charge in [0.15, 0.2) is 11.7 Å². The van der Waals surface area contributed by atoms with E-state index in [1.54, 1.807) is 24.3 Å². The van der Waals surface area contributed by atoms with E-state index in [0.29, 0.717) is 12.4 Å². The number of hydrogen-bond acceptors (Lipinski definition) is 1. The first-order valence-corrected chi connectivity index (χ1v) is 8.94. The molecule has 134 valence electrons. The van der Waals surface area contributed by atoms with E-state index < -0.39 is 11.7 Å². The van der Waals surface area contributed by atoms with Crippen molar-refractivity contribution < 1.29 is 13.5 Å². The molecule has 0 radical (unpaired) electrons. The Morgan fingerprint density at radius 2 is 1.38 bits per heavy atom. The first kappa shape index (κ1) is 18.1. The van der Waals surface area contributed by atoms with Crippen LogP contribution in [0, 0.1) is 0 Å². The van der Waals surface area contributed by atoms with E-state index in [1.807, 2.05) is 25.1 Å². The van der Waals surface area contributed by atoms with E-state index in [0.717, 1.165) is 23.6 Å². The second-order valence-electron chi connectivity index (χ2n) is 6.23. The smallest absolute Gasteiger partial charge is 0.166 e. The number of halogens is 2. The Hall–Kier alpha value is -2.68. The van der Waals surface area contributed by atoms with Crippen LogP contribution in [-0.4, -0.2) is 6.61 Å². The molecule has 3 rings (SSSR count). The first-order valence-electron chi connectivity index (χ1n) is 8.94. The number of aryl methyl sites for hydroxylation is 1. The average molecular weight is 352 g/mol. The normalized spacial score (nSPS) is 12.2. The molecule has 1 nitrogen and oxygen atoms in total. The lowest BCUT2D eigenvalue weighted by Crippen LogP contribution is -1.91. The molecular weight excluding hydrogens is 330 g/mol. The lowest BCUT2D eigenvalue weighted by atomic mass is 10.0. The van der Waals surface area contributed by atoms with Gasteiger partial charge in [0, 0.05) is 11.1 Å². The maximum absolute atomic E-state index is 14.7. The summed E-state index contributed by atoms with van der Waals surface area (Å²) in [6.45, 7) is 4.54. The molecule has 0 fully saturated rings. The van der Waals surface area contributed by atoms with E-state index in [-0.39, 0.29) is 11.1 Å². The summed E-state index contributed by atoms with van der Waals surface area (Å²) in [6, 6.07) is 17.6. The fraction of sp³-hybridized carbons (Fsp3) is 0.217. The third-order valence-electron chi connectivity index (χ3n) is 4.31. The minimum absolute atomic E-state index is 0.198. The summed E-state index contributed by atoms with van der Waals surface area (Å²) in [5.41, 5.74) is 1.70. The quantitative estimate of drug-likeness (QED) is 0.436. The third kappa shape index (κ3) is 3.93. The first-order chi connectivity index (χ1) is 12.6. The Kier molecular flexibility index (Phi) is 5.67. The van der Waals surface area contributed by atoms with Crippen molar-refractivity contribution in [3.8, 4) is 5.75 Å². The molecule has 0 unspecified atom stereocenters. The highest BCUT2D eigenvalue weighted by Gasteiger charge is 2.12. The fourth-order valence-corrected chi connectivity index (χ4v) is 2.99. The molecule has 0 saturated heterocycles. The van der Waals surface area contributed by atoms with Crippen LogP contribution in [0.25, 0.3) is 22.4 Å². The molecule has 0 spiro atoms. The Balaban J connectivity index is 1.93. The molecule has 0 atom stereocenters. The van der Waals surface area contributed by atoms with E-state index in [9.17, 15) is 8.78 Å². The molecule has 0 heterocycles. The maximum Gasteiger partial charge on any atom is 0.166 e. The number of ether oxygens (including phenoxy) is 1. The Morgan fingerprint density at radius 1 is 0.769 bits per heavy atom. The number of hydrogen-bond donors (Lipinski definition) is 0. The molecule has 0 aliphatic carbocycles. The number of rotatable bonds is 6. The van der Waals surface area contributed by atoms with Crippen LogP contribution in [0.4, 0.5) is 8.78 Å². The van der Waals surface area contributed by atoms with Crippen LogP contribution in [0.15, 0.2) is 60.7 Å². The highest BCUT2D eigenvalue weighted by atomic mass is 19.2. The lowest BCUT2D eigenvalue weighted by molar-refractivity contribution is 0.340. The van der Waals surface area contributed by atoms with Crippen molar-refractivity contribution in [2.45, 2.75) is 26.7 Å². The summed E-state index contributed by atoms with van der Waals surface area (Å²) in [5.74, 6) is -1.08. The number of benzene rings is 3. The summed E-state index contributed by atoms with van der Waals surface area (Å²) in [5, 5.41) is 1.94. The van der Waals surface area contributed by atoms with Gasteiger partial charge in [-0.15, -0.1) is 0 Å². The molecule has 0 amide bonds. The summed E-state index contributed by atoms with van der Waals surface area (Å²) in [6.07, 6.45) is 2.09. The van der Waals surface area contributed by atoms with Gasteiger partial charge in [0.1, 0.15) is 5.75 Å². The SMILES string of the molecule is CCCc1ccc2cc(C(F)=C(F)c3ccc(OCC)cc3)ccc2c1. The lowest BCUT2D eigenvalue weighted by Gasteiger charge is -2.07. The van der Waals surface area contributed by atoms with Crippen LogP contribution >= 0.6 is 0 Å². The standard InChI is InChI=1S/C23H22F2O/c1-3-5-16-6-7-19-15-20(9-8-18(19)14-16)23(25)22(24)17-10-12-21(13-11-17)26-4-2/h6-15H,3-5H2,1-2H3. The molecule has 3 aromatic carbocycles. The van der Waals surface area contributed by atoms with Crippen molar-refractivity contribution in [2.75, 3.05) is 6.61 Å². The Bertz CT molecular complexity index is 927. The molecule has 3 heteroatoms. The van der Waals surface area contributed by atoms with Crippen molar-refractivity contribution >= 4 is 22.4 Å². The van der Waals surface area contributed by atoms with Crippen molar-refractivity contribution in [3.05, 3.63) is 77.4 Å². The molecule has 0 aliphatic rings. The highest BCUT2D eigenvalue weighted by molar-refractivity contribution is 5.90. The summed E-state index contributed by atoms with van der Waals surface area (Å²) >= 11 is 0. The van der Waals surface area contributed by atoms with Gasteiger partial charge in [-0.05, 0) is 60.0 Å². The summed E-state index contributed by atoms with van der Waals surface area (Å²) < 4.78 is 34.6. The Morgan fingerprint density at radius 3 is 2.08 bits per heavy atom. The molecule has 0 bridgehead atoms. The van der Waals surface area contributed by atoms with Gasteiger partial charge in [0.05, 0.1) is 6.61 Å². The molecule has 3 aromatic rings. The van der Waals surface area contributed by atoms with Gasteiger partial charge in [0.25, 0.3) is 0 Å². The van der Waals surface area contributed by atoms with Gasteiger partial charge >= 0.3 is 0 Å². The highest BCUT2D eigenvalue weighted by Crippen LogP contribution is 2.31. The number of fused-ring (bicyclic) bond motifs is 1. The third-order valence-corrected chi connectivity index (χ3v) is 4.31. The van der Waals surface area contributed by atoms with E-state index in [1.165, 1.54) is 17.7 Å². The van der Waals surface area contributed by atoms with Crippen molar-refractivity contribution in [1.82, 2.24) is 0 Å². The van der Waals surface area contributed by atoms with E-state index >= 15 is 0 Å². The zero-order valence-corrected chi connectivity index (χ0v) is 15.1. The second kappa shape index (κ2) is 8.13. The summed E-state index contributed by atoms with van der Waals surface area (Å²) in [4.78, 5) is 0. The average Bonchev–Trinajstić information content (AvgIpc) is 2.67. The van der Waals surface area contributed by atoms with E-state index in [4.69, 9.17) is 4.74 Å².